The maximum Gasteiger partial charge on any atom is 0.451 e. The fraction of sp³-hybridized carbons (Fsp3) is 0.579. The van der Waals surface area contributed by atoms with Crippen LogP contribution >= 0.6 is 11.6 Å². The molecule has 0 atom stereocenters. The smallest absolute Gasteiger partial charge is 0.308 e. The monoisotopic (exact) mass is 429 g/mol. The lowest BCUT2D eigenvalue weighted by molar-refractivity contribution is -0.945. The Balaban J connectivity index is 1.40. The molecule has 1 aromatic heterocycles. The van der Waals surface area contributed by atoms with Gasteiger partial charge in [0.25, 0.3) is 0 Å². The van der Waals surface area contributed by atoms with Crippen LogP contribution in [-0.2, 0) is 25.8 Å². The standard InChI is InChI=1S/C19H25ClF3N6/c20-15-3-1-2-14(10-15)12-29(13-24)8-4-16(5-9-29)27-6-7-28-17(11-27)25-26-18(28)19(21,22)23/h1-3,10,16H,4-9,11-13,24H2/q+1. The molecular weight excluding hydrogens is 405 g/mol. The lowest BCUT2D eigenvalue weighted by Crippen LogP contribution is -2.58. The highest BCUT2D eigenvalue weighted by atomic mass is 35.5. The van der Waals surface area contributed by atoms with Gasteiger partial charge in [-0.25, -0.2) is 0 Å². The Hall–Kier alpha value is -1.68. The molecule has 2 N–H and O–H groups in total. The van der Waals surface area contributed by atoms with Crippen molar-refractivity contribution in [2.24, 2.45) is 5.73 Å². The van der Waals surface area contributed by atoms with Crippen molar-refractivity contribution in [3.8, 4) is 0 Å². The zero-order valence-electron chi connectivity index (χ0n) is 16.1. The van der Waals surface area contributed by atoms with Crippen LogP contribution in [0, 0.1) is 0 Å². The highest BCUT2D eigenvalue weighted by Gasteiger charge is 2.41. The predicted octanol–water partition coefficient (Wildman–Crippen LogP) is 2.86. The van der Waals surface area contributed by atoms with Gasteiger partial charge in [0.1, 0.15) is 19.0 Å². The Bertz CT molecular complexity index is 860. The molecule has 10 heteroatoms. The van der Waals surface area contributed by atoms with Crippen molar-refractivity contribution in [3.05, 3.63) is 46.5 Å². The second-order valence-corrected chi connectivity index (χ2v) is 8.49. The first-order chi connectivity index (χ1) is 13.8. The van der Waals surface area contributed by atoms with Gasteiger partial charge in [-0.2, -0.15) is 13.2 Å². The maximum absolute atomic E-state index is 13.0. The summed E-state index contributed by atoms with van der Waals surface area (Å²) in [5.74, 6) is -0.496. The van der Waals surface area contributed by atoms with E-state index >= 15 is 0 Å². The third-order valence-corrected chi connectivity index (χ3v) is 6.46. The van der Waals surface area contributed by atoms with Gasteiger partial charge in [-0.15, -0.1) is 10.2 Å². The van der Waals surface area contributed by atoms with Gasteiger partial charge in [-0.05, 0) is 12.1 Å². The summed E-state index contributed by atoms with van der Waals surface area (Å²) >= 11 is 6.12. The number of halogens is 4. The van der Waals surface area contributed by atoms with Gasteiger partial charge in [-0.1, -0.05) is 23.7 Å². The number of quaternary nitrogens is 1. The van der Waals surface area contributed by atoms with Crippen molar-refractivity contribution in [1.29, 1.82) is 0 Å². The fourth-order valence-corrected chi connectivity index (χ4v) is 4.81. The number of hydrogen-bond acceptors (Lipinski definition) is 4. The first-order valence-corrected chi connectivity index (χ1v) is 10.2. The number of fused-ring (bicyclic) bond motifs is 1. The molecular formula is C19H25ClF3N6+. The number of likely N-dealkylation sites (tertiary alicyclic amines) is 1. The molecule has 1 aromatic carbocycles. The topological polar surface area (TPSA) is 60.0 Å². The molecule has 0 unspecified atom stereocenters. The third-order valence-electron chi connectivity index (χ3n) is 6.22. The van der Waals surface area contributed by atoms with Gasteiger partial charge in [0, 0.05) is 42.6 Å². The van der Waals surface area contributed by atoms with Gasteiger partial charge in [0.2, 0.25) is 5.82 Å². The van der Waals surface area contributed by atoms with Crippen LogP contribution < -0.4 is 5.73 Å². The Morgan fingerprint density at radius 2 is 1.93 bits per heavy atom. The Morgan fingerprint density at radius 1 is 1.17 bits per heavy atom. The molecule has 0 aliphatic carbocycles. The van der Waals surface area contributed by atoms with E-state index in [9.17, 15) is 13.2 Å². The van der Waals surface area contributed by atoms with E-state index in [0.29, 0.717) is 31.6 Å². The quantitative estimate of drug-likeness (QED) is 0.759. The van der Waals surface area contributed by atoms with Crippen LogP contribution in [0.3, 0.4) is 0 Å². The van der Waals surface area contributed by atoms with Crippen LogP contribution in [0.25, 0.3) is 0 Å². The Kier molecular flexibility index (Phi) is 5.58. The number of nitrogens with two attached hydrogens (primary N) is 1. The van der Waals surface area contributed by atoms with Crippen molar-refractivity contribution >= 4 is 11.6 Å². The zero-order valence-corrected chi connectivity index (χ0v) is 16.8. The highest BCUT2D eigenvalue weighted by Crippen LogP contribution is 2.31. The van der Waals surface area contributed by atoms with Gasteiger partial charge in [0.05, 0.1) is 19.6 Å². The molecule has 29 heavy (non-hydrogen) atoms. The predicted molar refractivity (Wildman–Crippen MR) is 103 cm³/mol. The van der Waals surface area contributed by atoms with Gasteiger partial charge in [0.15, 0.2) is 0 Å². The number of rotatable bonds is 4. The molecule has 1 fully saturated rings. The fourth-order valence-electron chi connectivity index (χ4n) is 4.59. The second-order valence-electron chi connectivity index (χ2n) is 8.05. The van der Waals surface area contributed by atoms with E-state index in [4.69, 9.17) is 17.3 Å². The SMILES string of the molecule is NC[N+]1(Cc2cccc(Cl)c2)CCC(N2CCn3c(nnc3C(F)(F)F)C2)CC1. The lowest BCUT2D eigenvalue weighted by Gasteiger charge is -2.46. The lowest BCUT2D eigenvalue weighted by atomic mass is 9.99. The van der Waals surface area contributed by atoms with Crippen LogP contribution in [0.15, 0.2) is 24.3 Å². The van der Waals surface area contributed by atoms with E-state index in [2.05, 4.69) is 21.2 Å². The number of benzene rings is 1. The third kappa shape index (κ3) is 4.28. The molecule has 2 aromatic rings. The summed E-state index contributed by atoms with van der Waals surface area (Å²) in [6.45, 7) is 4.53. The summed E-state index contributed by atoms with van der Waals surface area (Å²) in [7, 11) is 0. The van der Waals surface area contributed by atoms with Crippen molar-refractivity contribution in [2.45, 2.75) is 44.7 Å². The van der Waals surface area contributed by atoms with Crippen LogP contribution in [0.4, 0.5) is 13.2 Å². The first kappa shape index (κ1) is 20.6. The van der Waals surface area contributed by atoms with E-state index in [0.717, 1.165) is 42.0 Å². The summed E-state index contributed by atoms with van der Waals surface area (Å²) in [6, 6.07) is 8.20. The molecule has 0 radical (unpaired) electrons. The molecule has 2 aliphatic heterocycles. The van der Waals surface area contributed by atoms with E-state index < -0.39 is 12.0 Å². The molecule has 4 rings (SSSR count). The zero-order chi connectivity index (χ0) is 20.6. The number of nitrogens with zero attached hydrogens (tertiary/aromatic N) is 5. The molecule has 158 valence electrons. The Morgan fingerprint density at radius 3 is 2.59 bits per heavy atom. The van der Waals surface area contributed by atoms with E-state index in [-0.39, 0.29) is 6.54 Å². The average molecular weight is 430 g/mol. The summed E-state index contributed by atoms with van der Waals surface area (Å²) in [5.41, 5.74) is 7.33. The van der Waals surface area contributed by atoms with Gasteiger partial charge >= 0.3 is 6.18 Å². The number of hydrogen-bond donors (Lipinski definition) is 1. The summed E-state index contributed by atoms with van der Waals surface area (Å²) in [4.78, 5) is 2.24. The second kappa shape index (κ2) is 7.86. The molecule has 1 saturated heterocycles. The Labute approximate surface area is 172 Å². The molecule has 0 bridgehead atoms. The molecule has 0 spiro atoms. The summed E-state index contributed by atoms with van der Waals surface area (Å²) in [6.07, 6.45) is -2.55. The largest absolute Gasteiger partial charge is 0.451 e. The van der Waals surface area contributed by atoms with Gasteiger partial charge in [-0.3, -0.25) is 10.6 Å². The molecule has 0 saturated carbocycles. The van der Waals surface area contributed by atoms with Crippen molar-refractivity contribution in [1.82, 2.24) is 19.7 Å². The first-order valence-electron chi connectivity index (χ1n) is 9.83. The minimum Gasteiger partial charge on any atom is -0.308 e. The van der Waals surface area contributed by atoms with Crippen LogP contribution in [0.5, 0.6) is 0 Å². The summed E-state index contributed by atoms with van der Waals surface area (Å²) < 4.78 is 41.1. The molecule has 2 aliphatic rings. The molecule has 0 amide bonds. The van der Waals surface area contributed by atoms with Crippen LogP contribution in [-0.4, -0.2) is 56.5 Å². The van der Waals surface area contributed by atoms with Crippen molar-refractivity contribution in [2.75, 3.05) is 26.3 Å². The van der Waals surface area contributed by atoms with E-state index in [1.54, 1.807) is 0 Å². The summed E-state index contributed by atoms with van der Waals surface area (Å²) in [5, 5.41) is 7.89. The molecule has 3 heterocycles. The number of alkyl halides is 3. The van der Waals surface area contributed by atoms with Gasteiger partial charge < -0.3 is 9.05 Å². The van der Waals surface area contributed by atoms with Crippen LogP contribution in [0.1, 0.15) is 30.1 Å². The number of aromatic nitrogens is 3. The minimum atomic E-state index is -4.46. The normalized spacial score (nSPS) is 25.8. The van der Waals surface area contributed by atoms with E-state index in [1.807, 2.05) is 18.2 Å². The number of piperidine rings is 1. The van der Waals surface area contributed by atoms with Crippen molar-refractivity contribution < 1.29 is 17.7 Å². The highest BCUT2D eigenvalue weighted by molar-refractivity contribution is 6.30. The average Bonchev–Trinajstić information content (AvgIpc) is 3.12. The van der Waals surface area contributed by atoms with E-state index in [1.165, 1.54) is 10.1 Å². The van der Waals surface area contributed by atoms with Crippen molar-refractivity contribution in [3.63, 3.8) is 0 Å². The molecule has 6 nitrogen and oxygen atoms in total. The maximum atomic E-state index is 13.0. The minimum absolute atomic E-state index is 0.271. The van der Waals surface area contributed by atoms with Crippen LogP contribution in [0.2, 0.25) is 5.02 Å².